The molecule has 2 aromatic heterocycles. The molecule has 0 fully saturated rings. The number of rotatable bonds is 4. The Morgan fingerprint density at radius 1 is 0.840 bits per heavy atom. The highest BCUT2D eigenvalue weighted by Crippen LogP contribution is 2.34. The summed E-state index contributed by atoms with van der Waals surface area (Å²) in [6.45, 7) is 0. The first-order chi connectivity index (χ1) is 12.2. The highest BCUT2D eigenvalue weighted by atomic mass is 35.5. The standard InChI is InChI=1S/C19H13ClN2OS2/c1-23-15-7-3-5-13(9-15)17-11-25-19(22-17)18-21-16(10-24-18)12-4-2-6-14(20)8-12/h2-11H,1H3. The lowest BCUT2D eigenvalue weighted by atomic mass is 10.2. The van der Waals surface area contributed by atoms with Gasteiger partial charge in [-0.15, -0.1) is 22.7 Å². The Morgan fingerprint density at radius 2 is 1.44 bits per heavy atom. The molecular weight excluding hydrogens is 372 g/mol. The Bertz CT molecular complexity index is 1030. The second kappa shape index (κ2) is 6.96. The third kappa shape index (κ3) is 3.44. The number of methoxy groups -OCH3 is 1. The van der Waals surface area contributed by atoms with Crippen LogP contribution in [0.15, 0.2) is 59.3 Å². The van der Waals surface area contributed by atoms with Crippen LogP contribution in [0.5, 0.6) is 5.75 Å². The lowest BCUT2D eigenvalue weighted by molar-refractivity contribution is 0.415. The number of benzene rings is 2. The van der Waals surface area contributed by atoms with E-state index < -0.39 is 0 Å². The molecule has 0 N–H and O–H groups in total. The Hall–Kier alpha value is -2.21. The molecule has 0 amide bonds. The summed E-state index contributed by atoms with van der Waals surface area (Å²) in [5, 5.41) is 6.62. The van der Waals surface area contributed by atoms with Crippen molar-refractivity contribution in [2.75, 3.05) is 7.11 Å². The molecule has 124 valence electrons. The summed E-state index contributed by atoms with van der Waals surface area (Å²) in [5.74, 6) is 0.824. The van der Waals surface area contributed by atoms with Crippen molar-refractivity contribution in [1.82, 2.24) is 9.97 Å². The normalized spacial score (nSPS) is 10.8. The molecule has 0 atom stereocenters. The van der Waals surface area contributed by atoms with Gasteiger partial charge in [-0.25, -0.2) is 9.97 Å². The molecule has 0 radical (unpaired) electrons. The summed E-state index contributed by atoms with van der Waals surface area (Å²) in [7, 11) is 1.67. The fourth-order valence-corrected chi connectivity index (χ4v) is 4.34. The molecule has 0 saturated heterocycles. The van der Waals surface area contributed by atoms with E-state index in [-0.39, 0.29) is 0 Å². The van der Waals surface area contributed by atoms with Crippen LogP contribution < -0.4 is 4.74 Å². The summed E-state index contributed by atoms with van der Waals surface area (Å²) >= 11 is 9.25. The van der Waals surface area contributed by atoms with E-state index in [1.165, 1.54) is 0 Å². The summed E-state index contributed by atoms with van der Waals surface area (Å²) in [6.07, 6.45) is 0. The van der Waals surface area contributed by atoms with E-state index in [9.17, 15) is 0 Å². The first-order valence-corrected chi connectivity index (χ1v) is 9.68. The van der Waals surface area contributed by atoms with Gasteiger partial charge in [0.2, 0.25) is 0 Å². The van der Waals surface area contributed by atoms with Crippen LogP contribution in [0, 0.1) is 0 Å². The molecule has 25 heavy (non-hydrogen) atoms. The topological polar surface area (TPSA) is 35.0 Å². The highest BCUT2D eigenvalue weighted by molar-refractivity contribution is 7.20. The quantitative estimate of drug-likeness (QED) is 0.416. The third-order valence-corrected chi connectivity index (χ3v) is 5.74. The molecule has 2 heterocycles. The van der Waals surface area contributed by atoms with Crippen LogP contribution in [0.25, 0.3) is 32.5 Å². The number of thiazole rings is 2. The molecule has 0 aliphatic heterocycles. The second-order valence-corrected chi connectivity index (χ2v) is 7.47. The van der Waals surface area contributed by atoms with E-state index in [2.05, 4.69) is 0 Å². The van der Waals surface area contributed by atoms with Crippen molar-refractivity contribution in [1.29, 1.82) is 0 Å². The average molecular weight is 385 g/mol. The van der Waals surface area contributed by atoms with Gasteiger partial charge in [0.15, 0.2) is 10.0 Å². The lowest BCUT2D eigenvalue weighted by Crippen LogP contribution is -1.84. The maximum atomic E-state index is 6.07. The first kappa shape index (κ1) is 16.3. The zero-order valence-corrected chi connectivity index (χ0v) is 15.7. The second-order valence-electron chi connectivity index (χ2n) is 5.32. The first-order valence-electron chi connectivity index (χ1n) is 7.55. The zero-order valence-electron chi connectivity index (χ0n) is 13.3. The number of nitrogens with zero attached hydrogens (tertiary/aromatic N) is 2. The molecule has 6 heteroatoms. The lowest BCUT2D eigenvalue weighted by Gasteiger charge is -2.01. The number of hydrogen-bond acceptors (Lipinski definition) is 5. The number of ether oxygens (including phenoxy) is 1. The van der Waals surface area contributed by atoms with E-state index >= 15 is 0 Å². The highest BCUT2D eigenvalue weighted by Gasteiger charge is 2.12. The van der Waals surface area contributed by atoms with E-state index in [1.54, 1.807) is 29.8 Å². The van der Waals surface area contributed by atoms with Crippen LogP contribution in [0.4, 0.5) is 0 Å². The molecule has 4 rings (SSSR count). The summed E-state index contributed by atoms with van der Waals surface area (Å²) in [6, 6.07) is 15.6. The number of hydrogen-bond donors (Lipinski definition) is 0. The van der Waals surface area contributed by atoms with Crippen molar-refractivity contribution >= 4 is 34.3 Å². The SMILES string of the molecule is COc1cccc(-c2csc(-c3nc(-c4cccc(Cl)c4)cs3)n2)c1. The fourth-order valence-electron chi connectivity index (χ4n) is 2.44. The summed E-state index contributed by atoms with van der Waals surface area (Å²) < 4.78 is 5.28. The van der Waals surface area contributed by atoms with Crippen molar-refractivity contribution in [2.24, 2.45) is 0 Å². The zero-order chi connectivity index (χ0) is 17.2. The van der Waals surface area contributed by atoms with Crippen molar-refractivity contribution < 1.29 is 4.74 Å². The van der Waals surface area contributed by atoms with Gasteiger partial charge in [0.1, 0.15) is 5.75 Å². The number of halogens is 1. The molecule has 2 aromatic carbocycles. The molecule has 0 aliphatic carbocycles. The van der Waals surface area contributed by atoms with Gasteiger partial charge in [0.05, 0.1) is 18.5 Å². The largest absolute Gasteiger partial charge is 0.497 e. The van der Waals surface area contributed by atoms with E-state index in [1.807, 2.05) is 59.3 Å². The fraction of sp³-hybridized carbons (Fsp3) is 0.0526. The monoisotopic (exact) mass is 384 g/mol. The number of aromatic nitrogens is 2. The summed E-state index contributed by atoms with van der Waals surface area (Å²) in [4.78, 5) is 9.45. The van der Waals surface area contributed by atoms with Crippen LogP contribution in [0.3, 0.4) is 0 Å². The van der Waals surface area contributed by atoms with Gasteiger partial charge in [-0.2, -0.15) is 0 Å². The molecule has 0 bridgehead atoms. The van der Waals surface area contributed by atoms with Crippen molar-refractivity contribution in [2.45, 2.75) is 0 Å². The van der Waals surface area contributed by atoms with Gasteiger partial charge in [-0.1, -0.05) is 35.9 Å². The molecule has 3 nitrogen and oxygen atoms in total. The Kier molecular flexibility index (Phi) is 4.53. The minimum atomic E-state index is 0.710. The van der Waals surface area contributed by atoms with Gasteiger partial charge >= 0.3 is 0 Å². The van der Waals surface area contributed by atoms with Gasteiger partial charge in [-0.05, 0) is 24.3 Å². The van der Waals surface area contributed by atoms with Gasteiger partial charge in [0, 0.05) is 26.9 Å². The maximum absolute atomic E-state index is 6.07. The van der Waals surface area contributed by atoms with Crippen LogP contribution >= 0.6 is 34.3 Å². The average Bonchev–Trinajstić information content (AvgIpc) is 3.31. The minimum Gasteiger partial charge on any atom is -0.497 e. The molecule has 0 saturated carbocycles. The molecule has 0 aliphatic rings. The van der Waals surface area contributed by atoms with Crippen LogP contribution in [0.2, 0.25) is 5.02 Å². The van der Waals surface area contributed by atoms with E-state index in [0.29, 0.717) is 5.02 Å². The minimum absolute atomic E-state index is 0.710. The molecule has 4 aromatic rings. The molecule has 0 unspecified atom stereocenters. The Morgan fingerprint density at radius 3 is 2.04 bits per heavy atom. The third-order valence-electron chi connectivity index (χ3n) is 3.68. The van der Waals surface area contributed by atoms with E-state index in [4.69, 9.17) is 26.3 Å². The van der Waals surface area contributed by atoms with Crippen molar-refractivity contribution in [3.63, 3.8) is 0 Å². The van der Waals surface area contributed by atoms with Gasteiger partial charge < -0.3 is 4.74 Å². The van der Waals surface area contributed by atoms with Crippen molar-refractivity contribution in [3.8, 4) is 38.3 Å². The smallest absolute Gasteiger partial charge is 0.152 e. The van der Waals surface area contributed by atoms with Gasteiger partial charge in [0.25, 0.3) is 0 Å². The van der Waals surface area contributed by atoms with E-state index in [0.717, 1.165) is 38.3 Å². The predicted octanol–water partition coefficient (Wildman–Crippen LogP) is 6.26. The predicted molar refractivity (Wildman–Crippen MR) is 106 cm³/mol. The van der Waals surface area contributed by atoms with Gasteiger partial charge in [-0.3, -0.25) is 0 Å². The summed E-state index contributed by atoms with van der Waals surface area (Å²) in [5.41, 5.74) is 3.90. The van der Waals surface area contributed by atoms with Crippen LogP contribution in [-0.2, 0) is 0 Å². The van der Waals surface area contributed by atoms with Crippen molar-refractivity contribution in [3.05, 3.63) is 64.3 Å². The Balaban J connectivity index is 1.64. The van der Waals surface area contributed by atoms with Crippen LogP contribution in [0.1, 0.15) is 0 Å². The van der Waals surface area contributed by atoms with Crippen LogP contribution in [-0.4, -0.2) is 17.1 Å². The maximum Gasteiger partial charge on any atom is 0.152 e. The Labute approximate surface area is 158 Å². The molecular formula is C19H13ClN2OS2. The molecule has 0 spiro atoms.